The number of rotatable bonds is 10. The monoisotopic (exact) mass is 837 g/mol. The highest BCUT2D eigenvalue weighted by Gasteiger charge is 2.46. The number of nitrogens with zero attached hydrogens (tertiary/aromatic N) is 3. The Hall–Kier alpha value is -6.20. The second kappa shape index (κ2) is 15.7. The summed E-state index contributed by atoms with van der Waals surface area (Å²) in [6.07, 6.45) is 0.331. The molecule has 4 atom stereocenters. The molecule has 8 rings (SSSR count). The number of carbonyl (C=O) groups is 5. The van der Waals surface area contributed by atoms with E-state index in [-0.39, 0.29) is 62.2 Å². The van der Waals surface area contributed by atoms with Crippen LogP contribution in [0, 0.1) is 24.6 Å². The molecule has 0 bridgehead atoms. The fourth-order valence-electron chi connectivity index (χ4n) is 8.63. The van der Waals surface area contributed by atoms with Crippen molar-refractivity contribution in [1.82, 2.24) is 25.1 Å². The van der Waals surface area contributed by atoms with Crippen LogP contribution in [-0.2, 0) is 60.4 Å². The summed E-state index contributed by atoms with van der Waals surface area (Å²) in [7, 11) is 0. The summed E-state index contributed by atoms with van der Waals surface area (Å²) in [4.78, 5) is 84.5. The minimum Gasteiger partial charge on any atom is -0.458 e. The molecular weight excluding hydrogens is 790 g/mol. The summed E-state index contributed by atoms with van der Waals surface area (Å²) in [5, 5.41) is 20.6. The molecular formula is C44H48FN7O9. The van der Waals surface area contributed by atoms with Crippen LogP contribution in [0.5, 0.6) is 0 Å². The Morgan fingerprint density at radius 2 is 1.79 bits per heavy atom. The molecule has 4 aromatic rings. The molecule has 4 aliphatic rings. The molecule has 2 aromatic carbocycles. The molecule has 4 amide bonds. The van der Waals surface area contributed by atoms with Crippen LogP contribution >= 0.6 is 0 Å². The molecule has 0 spiro atoms. The third kappa shape index (κ3) is 7.18. The summed E-state index contributed by atoms with van der Waals surface area (Å²) in [6, 6.07) is 7.61. The maximum atomic E-state index is 15.3. The Balaban J connectivity index is 0.927. The van der Waals surface area contributed by atoms with Gasteiger partial charge in [0.1, 0.15) is 25.1 Å². The van der Waals surface area contributed by atoms with Crippen LogP contribution in [0.2, 0.25) is 0 Å². The van der Waals surface area contributed by atoms with Crippen molar-refractivity contribution in [2.24, 2.45) is 17.6 Å². The van der Waals surface area contributed by atoms with Crippen molar-refractivity contribution in [1.29, 1.82) is 0 Å². The number of hydrogen-bond acceptors (Lipinski definition) is 11. The van der Waals surface area contributed by atoms with Crippen LogP contribution in [-0.4, -0.2) is 74.5 Å². The highest BCUT2D eigenvalue weighted by Crippen LogP contribution is 2.46. The Morgan fingerprint density at radius 3 is 2.48 bits per heavy atom. The second-order valence-corrected chi connectivity index (χ2v) is 16.8. The average molecular weight is 838 g/mol. The number of pyridine rings is 2. The fraction of sp³-hybridized carbons (Fsp3) is 0.432. The lowest BCUT2D eigenvalue weighted by Gasteiger charge is -2.38. The maximum Gasteiger partial charge on any atom is 0.410 e. The number of aliphatic hydroxyl groups is 1. The molecule has 16 nitrogen and oxygen atoms in total. The number of benzene rings is 2. The van der Waals surface area contributed by atoms with Crippen molar-refractivity contribution < 1.29 is 42.9 Å². The van der Waals surface area contributed by atoms with E-state index in [9.17, 15) is 33.9 Å². The molecule has 0 unspecified atom stereocenters. The first-order chi connectivity index (χ1) is 29.0. The summed E-state index contributed by atoms with van der Waals surface area (Å²) in [5.41, 5.74) is 8.80. The first-order valence-corrected chi connectivity index (χ1v) is 20.5. The largest absolute Gasteiger partial charge is 0.458 e. The van der Waals surface area contributed by atoms with E-state index in [1.54, 1.807) is 51.1 Å². The standard InChI is InChI=1S/C44H48FN7O9/c1-6-44(59)29-13-33-37-27(17-52(33)41(56)28(29)19-60-42(44)57)35-31(12-11-26-21(4)30(45)14-32(49-37)34(26)35)50-39(54)24-15-51(16-24)43(58)61-18-23-7-9-25(10-8-23)48-38(53)22(5)47-40(55)36(46)20(2)3/h7-10,13-14,20,22,24,31,36,59H,6,11-12,15-19,46H2,1-5H3,(H,47,55)(H,48,53)(H,50,54)/t22-,31+,36-,44+/m0/s1. The van der Waals surface area contributed by atoms with E-state index in [1.165, 1.54) is 15.5 Å². The number of aromatic nitrogens is 2. The number of hydrogen-bond donors (Lipinski definition) is 5. The zero-order chi connectivity index (χ0) is 43.7. The average Bonchev–Trinajstić information content (AvgIpc) is 3.59. The molecule has 6 N–H and O–H groups in total. The molecule has 0 radical (unpaired) electrons. The lowest BCUT2D eigenvalue weighted by atomic mass is 9.81. The lowest BCUT2D eigenvalue weighted by molar-refractivity contribution is -0.172. The van der Waals surface area contributed by atoms with E-state index in [2.05, 4.69) is 16.0 Å². The van der Waals surface area contributed by atoms with E-state index in [0.29, 0.717) is 52.1 Å². The molecule has 1 fully saturated rings. The van der Waals surface area contributed by atoms with Gasteiger partial charge >= 0.3 is 12.1 Å². The molecule has 1 aliphatic carbocycles. The first-order valence-electron chi connectivity index (χ1n) is 20.5. The van der Waals surface area contributed by atoms with Gasteiger partial charge in [0.15, 0.2) is 5.60 Å². The number of nitrogens with one attached hydrogen (secondary N) is 3. The quantitative estimate of drug-likeness (QED) is 0.128. The summed E-state index contributed by atoms with van der Waals surface area (Å²) in [5.74, 6) is -2.95. The minimum absolute atomic E-state index is 0.0148. The van der Waals surface area contributed by atoms with Crippen LogP contribution in [0.4, 0.5) is 14.9 Å². The number of carbonyl (C=O) groups excluding carboxylic acids is 5. The molecule has 0 saturated carbocycles. The number of aryl methyl sites for hydroxylation is 1. The normalized spacial score (nSPS) is 19.9. The lowest BCUT2D eigenvalue weighted by Crippen LogP contribution is -2.56. The summed E-state index contributed by atoms with van der Waals surface area (Å²) in [6.45, 7) is 8.60. The highest BCUT2D eigenvalue weighted by molar-refractivity contribution is 5.98. The van der Waals surface area contributed by atoms with Crippen molar-refractivity contribution >= 4 is 46.4 Å². The Kier molecular flexibility index (Phi) is 10.7. The minimum atomic E-state index is -2.01. The van der Waals surface area contributed by atoms with Crippen LogP contribution < -0.4 is 27.2 Å². The number of amides is 4. The molecule has 5 heterocycles. The van der Waals surface area contributed by atoms with Gasteiger partial charge < -0.3 is 45.7 Å². The molecule has 1 saturated heterocycles. The predicted octanol–water partition coefficient (Wildman–Crippen LogP) is 3.33. The molecule has 3 aliphatic heterocycles. The third-order valence-electron chi connectivity index (χ3n) is 12.6. The molecule has 17 heteroatoms. The number of esters is 1. The summed E-state index contributed by atoms with van der Waals surface area (Å²) < 4.78 is 27.6. The van der Waals surface area contributed by atoms with Gasteiger partial charge in [-0.2, -0.15) is 0 Å². The summed E-state index contributed by atoms with van der Waals surface area (Å²) >= 11 is 0. The van der Waals surface area contributed by atoms with E-state index >= 15 is 4.39 Å². The van der Waals surface area contributed by atoms with Gasteiger partial charge in [-0.25, -0.2) is 19.0 Å². The molecule has 320 valence electrons. The number of halogens is 1. The smallest absolute Gasteiger partial charge is 0.410 e. The number of nitrogens with two attached hydrogens (primary N) is 1. The van der Waals surface area contributed by atoms with Crippen LogP contribution in [0.25, 0.3) is 22.3 Å². The fourth-order valence-corrected chi connectivity index (χ4v) is 8.63. The maximum absolute atomic E-state index is 15.3. The Morgan fingerprint density at radius 1 is 1.07 bits per heavy atom. The van der Waals surface area contributed by atoms with Gasteiger partial charge in [-0.1, -0.05) is 32.9 Å². The number of fused-ring (bicyclic) bond motifs is 5. The first kappa shape index (κ1) is 41.5. The van der Waals surface area contributed by atoms with Crippen molar-refractivity contribution in [2.45, 2.75) is 97.4 Å². The van der Waals surface area contributed by atoms with Gasteiger partial charge in [-0.15, -0.1) is 0 Å². The van der Waals surface area contributed by atoms with Crippen LogP contribution in [0.3, 0.4) is 0 Å². The number of cyclic esters (lactones) is 1. The Labute approximate surface area is 350 Å². The number of likely N-dealkylation sites (tertiary alicyclic amines) is 1. The van der Waals surface area contributed by atoms with E-state index in [1.807, 2.05) is 13.8 Å². The van der Waals surface area contributed by atoms with Gasteiger partial charge in [-0.3, -0.25) is 19.2 Å². The van der Waals surface area contributed by atoms with Crippen molar-refractivity contribution in [3.63, 3.8) is 0 Å². The van der Waals surface area contributed by atoms with E-state index < -0.39 is 64.9 Å². The van der Waals surface area contributed by atoms with Gasteiger partial charge in [0.2, 0.25) is 17.7 Å². The second-order valence-electron chi connectivity index (χ2n) is 16.8. The van der Waals surface area contributed by atoms with Crippen molar-refractivity contribution in [3.05, 3.63) is 91.5 Å². The van der Waals surface area contributed by atoms with Gasteiger partial charge in [0.05, 0.1) is 47.0 Å². The van der Waals surface area contributed by atoms with Crippen LogP contribution in [0.1, 0.15) is 85.5 Å². The van der Waals surface area contributed by atoms with Gasteiger partial charge in [0, 0.05) is 41.4 Å². The SMILES string of the molecule is CC[C@]1(O)C(=O)OCc2c1cc1n(c2=O)Cc2c-1nc1cc(F)c(C)c3c1c2[C@H](NC(=O)C1CN(C(=O)OCc2ccc(NC(=O)[C@H](C)NC(=O)[C@@H](N)C(C)C)cc2)C1)CC3. The highest BCUT2D eigenvalue weighted by atomic mass is 19.1. The molecule has 61 heavy (non-hydrogen) atoms. The predicted molar refractivity (Wildman–Crippen MR) is 219 cm³/mol. The topological polar surface area (TPSA) is 224 Å². The van der Waals surface area contributed by atoms with E-state index in [4.69, 9.17) is 20.2 Å². The zero-order valence-corrected chi connectivity index (χ0v) is 34.5. The zero-order valence-electron chi connectivity index (χ0n) is 34.5. The van der Waals surface area contributed by atoms with Gasteiger partial charge in [-0.05, 0) is 79.5 Å². The number of anilines is 1. The van der Waals surface area contributed by atoms with E-state index in [0.717, 1.165) is 16.5 Å². The van der Waals surface area contributed by atoms with Crippen molar-refractivity contribution in [2.75, 3.05) is 18.4 Å². The number of ether oxygens (including phenoxy) is 2. The van der Waals surface area contributed by atoms with Crippen molar-refractivity contribution in [3.8, 4) is 11.4 Å². The Bertz CT molecular complexity index is 2590. The van der Waals surface area contributed by atoms with Crippen LogP contribution in [0.15, 0.2) is 41.2 Å². The third-order valence-corrected chi connectivity index (χ3v) is 12.6. The molecule has 2 aromatic heterocycles. The van der Waals surface area contributed by atoms with Gasteiger partial charge in [0.25, 0.3) is 5.56 Å².